The van der Waals surface area contributed by atoms with E-state index < -0.39 is 0 Å². The third kappa shape index (κ3) is 3.23. The molecule has 4 nitrogen and oxygen atoms in total. The van der Waals surface area contributed by atoms with Crippen LogP contribution in [-0.4, -0.2) is 23.1 Å². The molecule has 0 aromatic carbocycles. The molecule has 0 unspecified atom stereocenters. The molecular formula is C15H22N4. The number of hydrogen-bond donors (Lipinski definition) is 0. The first-order chi connectivity index (χ1) is 8.90. The molecule has 0 amide bonds. The summed E-state index contributed by atoms with van der Waals surface area (Å²) in [6.45, 7) is 10.8. The predicted molar refractivity (Wildman–Crippen MR) is 75.9 cm³/mol. The van der Waals surface area contributed by atoms with Crippen LogP contribution in [0.4, 0.5) is 5.95 Å². The van der Waals surface area contributed by atoms with Gasteiger partial charge in [-0.2, -0.15) is 5.26 Å². The van der Waals surface area contributed by atoms with Gasteiger partial charge in [-0.05, 0) is 37.2 Å². The van der Waals surface area contributed by atoms with Gasteiger partial charge in [0, 0.05) is 18.8 Å². The number of hydrogen-bond acceptors (Lipinski definition) is 4. The van der Waals surface area contributed by atoms with Crippen molar-refractivity contribution in [2.75, 3.05) is 18.0 Å². The number of aromatic nitrogens is 2. The third-order valence-electron chi connectivity index (χ3n) is 3.96. The fourth-order valence-electron chi connectivity index (χ4n) is 2.70. The molecule has 2 heterocycles. The number of piperidine rings is 1. The highest BCUT2D eigenvalue weighted by Crippen LogP contribution is 2.34. The lowest BCUT2D eigenvalue weighted by molar-refractivity contribution is 0.198. The summed E-state index contributed by atoms with van der Waals surface area (Å²) in [6.07, 6.45) is 2.34. The number of anilines is 1. The Bertz CT molecular complexity index is 488. The number of nitriles is 1. The van der Waals surface area contributed by atoms with Gasteiger partial charge in [-0.15, -0.1) is 0 Å². The van der Waals surface area contributed by atoms with Gasteiger partial charge in [-0.3, -0.25) is 0 Å². The summed E-state index contributed by atoms with van der Waals surface area (Å²) in [4.78, 5) is 11.0. The van der Waals surface area contributed by atoms with Gasteiger partial charge in [0.1, 0.15) is 11.8 Å². The lowest BCUT2D eigenvalue weighted by atomic mass is 9.75. The molecule has 1 aliphatic heterocycles. The van der Waals surface area contributed by atoms with E-state index in [1.807, 2.05) is 6.92 Å². The molecule has 0 spiro atoms. The van der Waals surface area contributed by atoms with Crippen molar-refractivity contribution in [2.45, 2.75) is 40.5 Å². The van der Waals surface area contributed by atoms with Crippen molar-refractivity contribution in [2.24, 2.45) is 11.3 Å². The van der Waals surface area contributed by atoms with Gasteiger partial charge < -0.3 is 4.90 Å². The highest BCUT2D eigenvalue weighted by Gasteiger charge is 2.29. The molecule has 0 aliphatic carbocycles. The van der Waals surface area contributed by atoms with Gasteiger partial charge in [0.2, 0.25) is 5.95 Å². The van der Waals surface area contributed by atoms with Crippen molar-refractivity contribution in [3.8, 4) is 6.07 Å². The summed E-state index contributed by atoms with van der Waals surface area (Å²) in [5.41, 5.74) is 1.69. The normalized spacial score (nSPS) is 17.3. The zero-order chi connectivity index (χ0) is 14.0. The van der Waals surface area contributed by atoms with Crippen LogP contribution in [0.5, 0.6) is 0 Å². The average Bonchev–Trinajstić information content (AvgIpc) is 2.37. The van der Waals surface area contributed by atoms with Crippen molar-refractivity contribution >= 4 is 5.95 Å². The van der Waals surface area contributed by atoms with E-state index >= 15 is 0 Å². The predicted octanol–water partition coefficient (Wildman–Crippen LogP) is 2.92. The lowest BCUT2D eigenvalue weighted by Crippen LogP contribution is -2.39. The fourth-order valence-corrected chi connectivity index (χ4v) is 2.70. The summed E-state index contributed by atoms with van der Waals surface area (Å²) in [5.74, 6) is 1.47. The number of rotatable bonds is 1. The Morgan fingerprint density at radius 3 is 2.42 bits per heavy atom. The average molecular weight is 258 g/mol. The highest BCUT2D eigenvalue weighted by atomic mass is 15.3. The third-order valence-corrected chi connectivity index (χ3v) is 3.96. The van der Waals surface area contributed by atoms with Gasteiger partial charge in [0.15, 0.2) is 0 Å². The smallest absolute Gasteiger partial charge is 0.226 e. The molecule has 1 aliphatic rings. The maximum absolute atomic E-state index is 8.97. The molecule has 1 aromatic rings. The van der Waals surface area contributed by atoms with Gasteiger partial charge in [0.05, 0.1) is 0 Å². The van der Waals surface area contributed by atoms with E-state index in [2.05, 4.69) is 41.7 Å². The maximum atomic E-state index is 8.97. The van der Waals surface area contributed by atoms with Gasteiger partial charge >= 0.3 is 0 Å². The molecule has 0 N–H and O–H groups in total. The van der Waals surface area contributed by atoms with Crippen LogP contribution in [0.25, 0.3) is 0 Å². The molecule has 1 aromatic heterocycles. The summed E-state index contributed by atoms with van der Waals surface area (Å²) in [7, 11) is 0. The quantitative estimate of drug-likeness (QED) is 0.777. The van der Waals surface area contributed by atoms with E-state index in [1.165, 1.54) is 12.8 Å². The van der Waals surface area contributed by atoms with Crippen LogP contribution in [0.3, 0.4) is 0 Å². The van der Waals surface area contributed by atoms with Gasteiger partial charge in [-0.1, -0.05) is 20.8 Å². The Labute approximate surface area is 115 Å². The number of nitrogens with zero attached hydrogens (tertiary/aromatic N) is 4. The van der Waals surface area contributed by atoms with Crippen LogP contribution in [0.1, 0.15) is 45.0 Å². The topological polar surface area (TPSA) is 52.8 Å². The lowest BCUT2D eigenvalue weighted by Gasteiger charge is -2.38. The molecule has 1 saturated heterocycles. The summed E-state index contributed by atoms with van der Waals surface area (Å²) < 4.78 is 0. The molecular weight excluding hydrogens is 236 g/mol. The Kier molecular flexibility index (Phi) is 3.75. The Hall–Kier alpha value is -1.63. The van der Waals surface area contributed by atoms with E-state index in [4.69, 9.17) is 5.26 Å². The second-order valence-electron chi connectivity index (χ2n) is 6.43. The van der Waals surface area contributed by atoms with Crippen molar-refractivity contribution in [3.05, 3.63) is 17.5 Å². The first kappa shape index (κ1) is 13.8. The molecule has 0 atom stereocenters. The minimum absolute atomic E-state index is 0.372. The standard InChI is InChI=1S/C15H22N4/c1-11-9-13(10-16)18-14(17-11)19-7-5-12(6-8-19)15(2,3)4/h9,12H,5-8H2,1-4H3. The molecule has 0 saturated carbocycles. The zero-order valence-electron chi connectivity index (χ0n) is 12.3. The largest absolute Gasteiger partial charge is 0.341 e. The molecule has 4 heteroatoms. The fraction of sp³-hybridized carbons (Fsp3) is 0.667. The van der Waals surface area contributed by atoms with E-state index in [9.17, 15) is 0 Å². The zero-order valence-corrected chi connectivity index (χ0v) is 12.3. The van der Waals surface area contributed by atoms with Crippen LogP contribution in [-0.2, 0) is 0 Å². The van der Waals surface area contributed by atoms with Crippen LogP contribution in [0.2, 0.25) is 0 Å². The molecule has 102 valence electrons. The minimum atomic E-state index is 0.372. The van der Waals surface area contributed by atoms with Gasteiger partial charge in [0.25, 0.3) is 0 Å². The van der Waals surface area contributed by atoms with Crippen molar-refractivity contribution in [1.82, 2.24) is 9.97 Å². The van der Waals surface area contributed by atoms with Crippen molar-refractivity contribution in [3.63, 3.8) is 0 Å². The van der Waals surface area contributed by atoms with Crippen LogP contribution in [0.15, 0.2) is 6.07 Å². The second kappa shape index (κ2) is 5.16. The summed E-state index contributed by atoms with van der Waals surface area (Å²) >= 11 is 0. The summed E-state index contributed by atoms with van der Waals surface area (Å²) in [5, 5.41) is 8.97. The van der Waals surface area contributed by atoms with E-state index in [1.54, 1.807) is 6.07 Å². The minimum Gasteiger partial charge on any atom is -0.341 e. The van der Waals surface area contributed by atoms with E-state index in [0.29, 0.717) is 17.1 Å². The first-order valence-corrected chi connectivity index (χ1v) is 6.91. The SMILES string of the molecule is Cc1cc(C#N)nc(N2CCC(C(C)(C)C)CC2)n1. The Morgan fingerprint density at radius 1 is 1.26 bits per heavy atom. The van der Waals surface area contributed by atoms with Crippen LogP contribution < -0.4 is 4.90 Å². The van der Waals surface area contributed by atoms with Crippen molar-refractivity contribution in [1.29, 1.82) is 5.26 Å². The van der Waals surface area contributed by atoms with Crippen molar-refractivity contribution < 1.29 is 0 Å². The molecule has 19 heavy (non-hydrogen) atoms. The first-order valence-electron chi connectivity index (χ1n) is 6.91. The van der Waals surface area contributed by atoms with Crippen LogP contribution in [0, 0.1) is 29.6 Å². The Morgan fingerprint density at radius 2 is 1.89 bits per heavy atom. The van der Waals surface area contributed by atoms with E-state index in [0.717, 1.165) is 24.7 Å². The molecule has 0 radical (unpaired) electrons. The molecule has 2 rings (SSSR count). The van der Waals surface area contributed by atoms with Crippen LogP contribution >= 0.6 is 0 Å². The molecule has 1 fully saturated rings. The van der Waals surface area contributed by atoms with E-state index in [-0.39, 0.29) is 0 Å². The second-order valence-corrected chi connectivity index (χ2v) is 6.43. The summed E-state index contributed by atoms with van der Waals surface area (Å²) in [6, 6.07) is 3.83. The molecule has 0 bridgehead atoms. The van der Waals surface area contributed by atoms with Gasteiger partial charge in [-0.25, -0.2) is 9.97 Å². The number of aryl methyl sites for hydroxylation is 1. The monoisotopic (exact) mass is 258 g/mol. The Balaban J connectivity index is 2.10. The maximum Gasteiger partial charge on any atom is 0.226 e. The highest BCUT2D eigenvalue weighted by molar-refractivity contribution is 5.36.